The number of carbonyl (C=O) groups is 1. The van der Waals surface area contributed by atoms with Gasteiger partial charge in [0.1, 0.15) is 11.5 Å². The average Bonchev–Trinajstić information content (AvgIpc) is 3.27. The molecule has 3 aromatic rings. The van der Waals surface area contributed by atoms with Crippen molar-refractivity contribution in [3.63, 3.8) is 0 Å². The van der Waals surface area contributed by atoms with Crippen LogP contribution >= 0.6 is 11.5 Å². The summed E-state index contributed by atoms with van der Waals surface area (Å²) in [6.45, 7) is 5.91. The molecule has 2 aromatic carbocycles. The van der Waals surface area contributed by atoms with Gasteiger partial charge in [-0.15, -0.1) is 4.91 Å². The molecule has 36 heavy (non-hydrogen) atoms. The van der Waals surface area contributed by atoms with Crippen LogP contribution in [-0.4, -0.2) is 61.2 Å². The number of benzene rings is 2. The minimum atomic E-state index is -0.181. The van der Waals surface area contributed by atoms with Crippen LogP contribution in [-0.2, 0) is 4.79 Å². The van der Waals surface area contributed by atoms with E-state index in [0.29, 0.717) is 35.4 Å². The number of piperazine rings is 1. The lowest BCUT2D eigenvalue weighted by atomic mass is 10.1. The molecule has 0 radical (unpaired) electrons. The Bertz CT molecular complexity index is 1320. The number of ether oxygens (including phenoxy) is 2. The van der Waals surface area contributed by atoms with Gasteiger partial charge in [-0.2, -0.15) is 4.37 Å². The first kappa shape index (κ1) is 22.9. The summed E-state index contributed by atoms with van der Waals surface area (Å²) < 4.78 is 16.5. The van der Waals surface area contributed by atoms with E-state index in [1.165, 1.54) is 22.2 Å². The van der Waals surface area contributed by atoms with E-state index in [0.717, 1.165) is 45.0 Å². The van der Waals surface area contributed by atoms with E-state index in [1.54, 1.807) is 23.7 Å². The summed E-state index contributed by atoms with van der Waals surface area (Å²) in [4.78, 5) is 28.4. The molecular weight excluding hydrogens is 478 g/mol. The summed E-state index contributed by atoms with van der Waals surface area (Å²) in [6.07, 6.45) is 4.16. The standard InChI is InChI=1S/C26H27N5O4S/c32-25(6-5-17-12-22-23(35-16-34-22)13-21(17)28-33)27-14-18-11-19(18)15-30-7-9-31(10-8-30)26-20-3-1-2-4-24(20)36-29-26/h1-6,12-13,18-19H,7-11,14-16H2,(H,27,32)/b6-5+/t18-,19-/m1/s1. The fourth-order valence-corrected chi connectivity index (χ4v) is 5.77. The Labute approximate surface area is 212 Å². The van der Waals surface area contributed by atoms with Crippen LogP contribution in [0.3, 0.4) is 0 Å². The van der Waals surface area contributed by atoms with Gasteiger partial charge in [0.15, 0.2) is 11.5 Å². The number of nitrogens with one attached hydrogen (secondary N) is 1. The molecule has 2 aliphatic heterocycles. The van der Waals surface area contributed by atoms with Gasteiger partial charge in [0, 0.05) is 62.4 Å². The van der Waals surface area contributed by atoms with Gasteiger partial charge in [-0.25, -0.2) is 0 Å². The number of fused-ring (bicyclic) bond motifs is 2. The van der Waals surface area contributed by atoms with Gasteiger partial charge in [-0.3, -0.25) is 9.69 Å². The number of amides is 1. The highest BCUT2D eigenvalue weighted by Gasteiger charge is 2.38. The first-order chi connectivity index (χ1) is 17.7. The van der Waals surface area contributed by atoms with Crippen LogP contribution < -0.4 is 19.7 Å². The summed E-state index contributed by atoms with van der Waals surface area (Å²) in [7, 11) is 0. The minimum absolute atomic E-state index is 0.114. The third-order valence-electron chi connectivity index (χ3n) is 7.16. The van der Waals surface area contributed by atoms with Gasteiger partial charge in [0.05, 0.1) is 4.70 Å². The Hall–Kier alpha value is -3.50. The third-order valence-corrected chi connectivity index (χ3v) is 7.98. The fourth-order valence-electron chi connectivity index (χ4n) is 4.97. The largest absolute Gasteiger partial charge is 0.454 e. The average molecular weight is 506 g/mol. The monoisotopic (exact) mass is 505 g/mol. The molecule has 2 fully saturated rings. The Morgan fingerprint density at radius 2 is 1.94 bits per heavy atom. The van der Waals surface area contributed by atoms with Crippen LogP contribution in [0.2, 0.25) is 0 Å². The topological polar surface area (TPSA) is 96.4 Å². The predicted molar refractivity (Wildman–Crippen MR) is 140 cm³/mol. The smallest absolute Gasteiger partial charge is 0.244 e. The number of aromatic nitrogens is 1. The number of rotatable bonds is 8. The molecule has 2 atom stereocenters. The van der Waals surface area contributed by atoms with Crippen molar-refractivity contribution in [3.05, 3.63) is 52.9 Å². The third kappa shape index (κ3) is 4.78. The van der Waals surface area contributed by atoms with Crippen molar-refractivity contribution >= 4 is 45.1 Å². The molecule has 0 bridgehead atoms. The zero-order chi connectivity index (χ0) is 24.5. The highest BCUT2D eigenvalue weighted by atomic mass is 32.1. The SMILES string of the molecule is O=Nc1cc2c(cc1/C=C/C(=O)NC[C@H]1C[C@@H]1CN1CCN(c3nsc4ccccc34)CC1)OCO2. The van der Waals surface area contributed by atoms with E-state index < -0.39 is 0 Å². The van der Waals surface area contributed by atoms with E-state index in [1.807, 2.05) is 0 Å². The second-order valence-corrected chi connectivity index (χ2v) is 10.3. The Balaban J connectivity index is 0.944. The summed E-state index contributed by atoms with van der Waals surface area (Å²) in [5.41, 5.74) is 0.743. The van der Waals surface area contributed by atoms with Crippen LogP contribution in [0.15, 0.2) is 47.7 Å². The molecule has 1 saturated heterocycles. The molecule has 0 unspecified atom stereocenters. The lowest BCUT2D eigenvalue weighted by molar-refractivity contribution is -0.116. The first-order valence-corrected chi connectivity index (χ1v) is 13.0. The van der Waals surface area contributed by atoms with Crippen LogP contribution in [0.5, 0.6) is 11.5 Å². The number of nitroso groups, excluding NO2 is 1. The van der Waals surface area contributed by atoms with Crippen molar-refractivity contribution in [1.29, 1.82) is 0 Å². The van der Waals surface area contributed by atoms with Gasteiger partial charge >= 0.3 is 0 Å². The lowest BCUT2D eigenvalue weighted by Gasteiger charge is -2.35. The van der Waals surface area contributed by atoms with E-state index in [2.05, 4.69) is 44.6 Å². The molecule has 10 heteroatoms. The van der Waals surface area contributed by atoms with Crippen molar-refractivity contribution < 1.29 is 14.3 Å². The fraction of sp³-hybridized carbons (Fsp3) is 0.385. The second kappa shape index (κ2) is 9.87. The van der Waals surface area contributed by atoms with Crippen molar-refractivity contribution in [2.45, 2.75) is 6.42 Å². The van der Waals surface area contributed by atoms with E-state index in [9.17, 15) is 9.70 Å². The van der Waals surface area contributed by atoms with Gasteiger partial charge < -0.3 is 19.7 Å². The minimum Gasteiger partial charge on any atom is -0.454 e. The number of nitrogens with zero attached hydrogens (tertiary/aromatic N) is 4. The maximum Gasteiger partial charge on any atom is 0.244 e. The molecule has 1 N–H and O–H groups in total. The highest BCUT2D eigenvalue weighted by Crippen LogP contribution is 2.40. The summed E-state index contributed by atoms with van der Waals surface area (Å²) >= 11 is 1.57. The zero-order valence-corrected chi connectivity index (χ0v) is 20.6. The van der Waals surface area contributed by atoms with Crippen molar-refractivity contribution in [3.8, 4) is 11.5 Å². The summed E-state index contributed by atoms with van der Waals surface area (Å²) in [6, 6.07) is 11.6. The van der Waals surface area contributed by atoms with E-state index in [4.69, 9.17) is 13.8 Å². The molecular formula is C26H27N5O4S. The van der Waals surface area contributed by atoms with Crippen LogP contribution in [0.1, 0.15) is 12.0 Å². The maximum atomic E-state index is 12.3. The van der Waals surface area contributed by atoms with Crippen LogP contribution in [0, 0.1) is 16.7 Å². The second-order valence-electron chi connectivity index (χ2n) is 9.48. The molecule has 1 amide bonds. The van der Waals surface area contributed by atoms with Gasteiger partial charge in [-0.05, 0) is 59.2 Å². The van der Waals surface area contributed by atoms with Gasteiger partial charge in [0.2, 0.25) is 12.7 Å². The van der Waals surface area contributed by atoms with Crippen LogP contribution in [0.4, 0.5) is 11.5 Å². The van der Waals surface area contributed by atoms with Crippen molar-refractivity contribution in [1.82, 2.24) is 14.6 Å². The van der Waals surface area contributed by atoms with Gasteiger partial charge in [0.25, 0.3) is 0 Å². The van der Waals surface area contributed by atoms with Crippen LogP contribution in [0.25, 0.3) is 16.2 Å². The number of carbonyl (C=O) groups excluding carboxylic acids is 1. The molecule has 3 heterocycles. The molecule has 3 aliphatic rings. The molecule has 9 nitrogen and oxygen atoms in total. The normalized spacial score (nSPS) is 21.3. The Morgan fingerprint density at radius 3 is 2.78 bits per heavy atom. The predicted octanol–water partition coefficient (Wildman–Crippen LogP) is 4.01. The summed E-state index contributed by atoms with van der Waals surface area (Å²) in [5.74, 6) is 3.11. The first-order valence-electron chi connectivity index (χ1n) is 12.2. The highest BCUT2D eigenvalue weighted by molar-refractivity contribution is 7.13. The number of hydrogen-bond acceptors (Lipinski definition) is 9. The van der Waals surface area contributed by atoms with Crippen molar-refractivity contribution in [2.24, 2.45) is 17.0 Å². The maximum absolute atomic E-state index is 12.3. The van der Waals surface area contributed by atoms with E-state index in [-0.39, 0.29) is 18.4 Å². The quantitative estimate of drug-likeness (QED) is 0.365. The molecule has 0 spiro atoms. The zero-order valence-electron chi connectivity index (χ0n) is 19.8. The summed E-state index contributed by atoms with van der Waals surface area (Å²) in [5, 5.41) is 7.27. The Morgan fingerprint density at radius 1 is 1.14 bits per heavy atom. The van der Waals surface area contributed by atoms with E-state index >= 15 is 0 Å². The molecule has 1 saturated carbocycles. The Kier molecular flexibility index (Phi) is 6.28. The van der Waals surface area contributed by atoms with Gasteiger partial charge in [-0.1, -0.05) is 12.1 Å². The lowest BCUT2D eigenvalue weighted by Crippen LogP contribution is -2.47. The molecule has 1 aliphatic carbocycles. The van der Waals surface area contributed by atoms with Crippen molar-refractivity contribution in [2.75, 3.05) is 51.0 Å². The number of anilines is 1. The molecule has 1 aromatic heterocycles. The molecule has 186 valence electrons. The molecule has 6 rings (SSSR count). The number of hydrogen-bond donors (Lipinski definition) is 1.